The van der Waals surface area contributed by atoms with E-state index in [0.717, 1.165) is 6.07 Å². The molecule has 6 nitrogen and oxygen atoms in total. The molecule has 7 heteroatoms. The zero-order valence-electron chi connectivity index (χ0n) is 9.49. The maximum atomic E-state index is 13.5. The molecule has 0 aliphatic carbocycles. The lowest BCUT2D eigenvalue weighted by Gasteiger charge is -2.06. The van der Waals surface area contributed by atoms with Crippen molar-refractivity contribution < 1.29 is 23.9 Å². The second-order valence-corrected chi connectivity index (χ2v) is 3.45. The molecule has 18 heavy (non-hydrogen) atoms. The van der Waals surface area contributed by atoms with Crippen LogP contribution in [0.5, 0.6) is 0 Å². The van der Waals surface area contributed by atoms with E-state index in [-0.39, 0.29) is 11.3 Å². The van der Waals surface area contributed by atoms with Crippen LogP contribution in [-0.2, 0) is 9.59 Å². The molecule has 0 saturated heterocycles. The molecule has 0 atom stereocenters. The van der Waals surface area contributed by atoms with E-state index in [0.29, 0.717) is 0 Å². The molecule has 0 heterocycles. The van der Waals surface area contributed by atoms with Gasteiger partial charge in [-0.1, -0.05) is 0 Å². The van der Waals surface area contributed by atoms with Crippen LogP contribution in [0.2, 0.25) is 0 Å². The van der Waals surface area contributed by atoms with Crippen LogP contribution in [0.15, 0.2) is 18.2 Å². The number of benzene rings is 1. The monoisotopic (exact) mass is 254 g/mol. The summed E-state index contributed by atoms with van der Waals surface area (Å²) in [5.74, 6) is -3.10. The smallest absolute Gasteiger partial charge is 0.322 e. The molecule has 96 valence electrons. The maximum absolute atomic E-state index is 13.5. The summed E-state index contributed by atoms with van der Waals surface area (Å²) in [4.78, 5) is 32.4. The predicted octanol–water partition coefficient (Wildman–Crippen LogP) is 0.598. The maximum Gasteiger partial charge on any atom is 0.322 e. The fraction of sp³-hybridized carbons (Fsp3) is 0.182. The number of carboxylic acids is 1. The predicted molar refractivity (Wildman–Crippen MR) is 60.7 cm³/mol. The molecule has 0 aliphatic heterocycles. The molecule has 0 radical (unpaired) electrons. The lowest BCUT2D eigenvalue weighted by Crippen LogP contribution is -2.29. The normalized spacial score (nSPS) is 9.67. The highest BCUT2D eigenvalue weighted by Gasteiger charge is 2.11. The quantitative estimate of drug-likeness (QED) is 0.733. The summed E-state index contributed by atoms with van der Waals surface area (Å²) >= 11 is 0. The van der Waals surface area contributed by atoms with E-state index in [1.165, 1.54) is 19.1 Å². The number of carbonyl (C=O) groups excluding carboxylic acids is 2. The first-order valence-corrected chi connectivity index (χ1v) is 4.97. The van der Waals surface area contributed by atoms with Gasteiger partial charge in [-0.05, 0) is 18.2 Å². The van der Waals surface area contributed by atoms with Crippen molar-refractivity contribution in [1.82, 2.24) is 5.32 Å². The van der Waals surface area contributed by atoms with Crippen molar-refractivity contribution in [2.45, 2.75) is 6.92 Å². The SMILES string of the molecule is CC(=O)Nc1ccc(C(=O)NCC(=O)O)cc1F. The van der Waals surface area contributed by atoms with Crippen molar-refractivity contribution in [3.8, 4) is 0 Å². The first kappa shape index (κ1) is 13.6. The van der Waals surface area contributed by atoms with Gasteiger partial charge in [-0.3, -0.25) is 14.4 Å². The minimum Gasteiger partial charge on any atom is -0.480 e. The standard InChI is InChI=1S/C11H11FN2O4/c1-6(15)14-9-3-2-7(4-8(9)12)11(18)13-5-10(16)17/h2-4H,5H2,1H3,(H,13,18)(H,14,15)(H,16,17). The van der Waals surface area contributed by atoms with Gasteiger partial charge in [0.05, 0.1) is 5.69 Å². The molecule has 0 unspecified atom stereocenters. The second kappa shape index (κ2) is 5.76. The van der Waals surface area contributed by atoms with E-state index in [1.807, 2.05) is 0 Å². The van der Waals surface area contributed by atoms with E-state index < -0.39 is 30.1 Å². The summed E-state index contributed by atoms with van der Waals surface area (Å²) in [6, 6.07) is 3.43. The number of carbonyl (C=O) groups is 3. The fourth-order valence-corrected chi connectivity index (χ4v) is 1.21. The van der Waals surface area contributed by atoms with E-state index in [9.17, 15) is 18.8 Å². The van der Waals surface area contributed by atoms with Gasteiger partial charge in [-0.2, -0.15) is 0 Å². The fourth-order valence-electron chi connectivity index (χ4n) is 1.21. The van der Waals surface area contributed by atoms with Crippen LogP contribution in [0.4, 0.5) is 10.1 Å². The summed E-state index contributed by atoms with van der Waals surface area (Å²) < 4.78 is 13.5. The number of carboxylic acid groups (broad SMARTS) is 1. The zero-order chi connectivity index (χ0) is 13.7. The Morgan fingerprint density at radius 1 is 1.33 bits per heavy atom. The van der Waals surface area contributed by atoms with E-state index in [2.05, 4.69) is 10.6 Å². The van der Waals surface area contributed by atoms with Crippen LogP contribution in [0, 0.1) is 5.82 Å². The van der Waals surface area contributed by atoms with Crippen LogP contribution >= 0.6 is 0 Å². The number of hydrogen-bond acceptors (Lipinski definition) is 3. The van der Waals surface area contributed by atoms with Crippen molar-refractivity contribution in [3.05, 3.63) is 29.6 Å². The van der Waals surface area contributed by atoms with Crippen molar-refractivity contribution in [2.75, 3.05) is 11.9 Å². The molecule has 0 aliphatic rings. The van der Waals surface area contributed by atoms with Gasteiger partial charge in [0.25, 0.3) is 5.91 Å². The molecular weight excluding hydrogens is 243 g/mol. The summed E-state index contributed by atoms with van der Waals surface area (Å²) in [5, 5.41) is 12.7. The van der Waals surface area contributed by atoms with Crippen LogP contribution in [0.25, 0.3) is 0 Å². The molecule has 0 saturated carbocycles. The number of hydrogen-bond donors (Lipinski definition) is 3. The van der Waals surface area contributed by atoms with Crippen molar-refractivity contribution in [3.63, 3.8) is 0 Å². The third-order valence-electron chi connectivity index (χ3n) is 1.94. The summed E-state index contributed by atoms with van der Waals surface area (Å²) in [5.41, 5.74) is -0.0693. The van der Waals surface area contributed by atoms with Crippen LogP contribution < -0.4 is 10.6 Å². The number of anilines is 1. The largest absolute Gasteiger partial charge is 0.480 e. The second-order valence-electron chi connectivity index (χ2n) is 3.45. The molecule has 0 bridgehead atoms. The van der Waals surface area contributed by atoms with Gasteiger partial charge in [-0.25, -0.2) is 4.39 Å². The molecule has 0 aromatic heterocycles. The van der Waals surface area contributed by atoms with Crippen LogP contribution in [0.1, 0.15) is 17.3 Å². The Bertz CT molecular complexity index is 502. The topological polar surface area (TPSA) is 95.5 Å². The third-order valence-corrected chi connectivity index (χ3v) is 1.94. The van der Waals surface area contributed by atoms with E-state index in [1.54, 1.807) is 0 Å². The lowest BCUT2D eigenvalue weighted by atomic mass is 10.2. The number of rotatable bonds is 4. The van der Waals surface area contributed by atoms with Crippen molar-refractivity contribution >= 4 is 23.5 Å². The summed E-state index contributed by atoms with van der Waals surface area (Å²) in [6.07, 6.45) is 0. The number of halogens is 1. The Labute approximate surface area is 102 Å². The zero-order valence-corrected chi connectivity index (χ0v) is 9.49. The van der Waals surface area contributed by atoms with Gasteiger partial charge in [0.2, 0.25) is 5.91 Å². The van der Waals surface area contributed by atoms with Crippen molar-refractivity contribution in [2.24, 2.45) is 0 Å². The number of aliphatic carboxylic acids is 1. The first-order valence-electron chi connectivity index (χ1n) is 4.97. The Kier molecular flexibility index (Phi) is 4.36. The molecule has 2 amide bonds. The molecular formula is C11H11FN2O4. The summed E-state index contributed by atoms with van der Waals surface area (Å²) in [7, 11) is 0. The van der Waals surface area contributed by atoms with Gasteiger partial charge in [0.15, 0.2) is 0 Å². The molecule has 0 fully saturated rings. The highest BCUT2D eigenvalue weighted by molar-refractivity contribution is 5.96. The Morgan fingerprint density at radius 3 is 2.50 bits per heavy atom. The highest BCUT2D eigenvalue weighted by atomic mass is 19.1. The minimum atomic E-state index is -1.20. The van der Waals surface area contributed by atoms with E-state index in [4.69, 9.17) is 5.11 Å². The Hall–Kier alpha value is -2.44. The first-order chi connectivity index (χ1) is 8.40. The van der Waals surface area contributed by atoms with Crippen molar-refractivity contribution in [1.29, 1.82) is 0 Å². The average Bonchev–Trinajstić information content (AvgIpc) is 2.28. The Morgan fingerprint density at radius 2 is 2.00 bits per heavy atom. The van der Waals surface area contributed by atoms with Gasteiger partial charge in [0, 0.05) is 12.5 Å². The van der Waals surface area contributed by atoms with E-state index >= 15 is 0 Å². The average molecular weight is 254 g/mol. The van der Waals surface area contributed by atoms with Crippen LogP contribution in [-0.4, -0.2) is 29.4 Å². The summed E-state index contributed by atoms with van der Waals surface area (Å²) in [6.45, 7) is 0.681. The molecule has 1 rings (SSSR count). The van der Waals surface area contributed by atoms with Gasteiger partial charge in [-0.15, -0.1) is 0 Å². The molecule has 0 spiro atoms. The van der Waals surface area contributed by atoms with Crippen LogP contribution in [0.3, 0.4) is 0 Å². The minimum absolute atomic E-state index is 0.0251. The lowest BCUT2D eigenvalue weighted by molar-refractivity contribution is -0.135. The number of amides is 2. The highest BCUT2D eigenvalue weighted by Crippen LogP contribution is 2.15. The van der Waals surface area contributed by atoms with Gasteiger partial charge in [0.1, 0.15) is 12.4 Å². The third kappa shape index (κ3) is 3.85. The molecule has 1 aromatic carbocycles. The van der Waals surface area contributed by atoms with Gasteiger partial charge >= 0.3 is 5.97 Å². The molecule has 1 aromatic rings. The number of nitrogens with one attached hydrogen (secondary N) is 2. The Balaban J connectivity index is 2.80. The van der Waals surface area contributed by atoms with Gasteiger partial charge < -0.3 is 15.7 Å². The molecule has 3 N–H and O–H groups in total.